The third-order valence-electron chi connectivity index (χ3n) is 3.80. The number of carbonyl (C=O) groups excluding carboxylic acids is 2. The zero-order valence-electron chi connectivity index (χ0n) is 13.8. The Balaban J connectivity index is 1.54. The lowest BCUT2D eigenvalue weighted by atomic mass is 10.1. The second kappa shape index (κ2) is 7.69. The van der Waals surface area contributed by atoms with Gasteiger partial charge < -0.3 is 24.5 Å². The van der Waals surface area contributed by atoms with Crippen LogP contribution in [0, 0.1) is 0 Å². The number of ether oxygens (including phenoxy) is 2. The lowest BCUT2D eigenvalue weighted by Gasteiger charge is -2.22. The van der Waals surface area contributed by atoms with E-state index in [0.29, 0.717) is 18.7 Å². The van der Waals surface area contributed by atoms with Crippen LogP contribution in [0.2, 0.25) is 0 Å². The highest BCUT2D eigenvalue weighted by atomic mass is 16.5. The first-order chi connectivity index (χ1) is 12.2. The molecule has 8 nitrogen and oxygen atoms in total. The van der Waals surface area contributed by atoms with Crippen molar-refractivity contribution in [1.82, 2.24) is 15.6 Å². The lowest BCUT2D eigenvalue weighted by Crippen LogP contribution is -2.50. The molecule has 2 N–H and O–H groups in total. The van der Waals surface area contributed by atoms with Crippen LogP contribution in [0.15, 0.2) is 34.9 Å². The summed E-state index contributed by atoms with van der Waals surface area (Å²) in [6.45, 7) is 0.728. The van der Waals surface area contributed by atoms with Crippen molar-refractivity contribution in [3.8, 4) is 11.5 Å². The van der Waals surface area contributed by atoms with Crippen molar-refractivity contribution in [2.45, 2.75) is 25.5 Å². The van der Waals surface area contributed by atoms with Crippen molar-refractivity contribution < 1.29 is 23.5 Å². The molecular formula is C17H19N3O5. The largest absolute Gasteiger partial charge is 0.497 e. The molecule has 1 saturated heterocycles. The third-order valence-corrected chi connectivity index (χ3v) is 3.80. The van der Waals surface area contributed by atoms with E-state index in [2.05, 4.69) is 15.6 Å². The zero-order valence-corrected chi connectivity index (χ0v) is 13.8. The fourth-order valence-electron chi connectivity index (χ4n) is 2.44. The molecule has 0 spiro atoms. The molecule has 0 aliphatic carbocycles. The van der Waals surface area contributed by atoms with Gasteiger partial charge in [-0.15, -0.1) is 0 Å². The fourth-order valence-corrected chi connectivity index (χ4v) is 2.44. The van der Waals surface area contributed by atoms with Gasteiger partial charge in [-0.2, -0.15) is 0 Å². The van der Waals surface area contributed by atoms with Crippen LogP contribution in [0.3, 0.4) is 0 Å². The summed E-state index contributed by atoms with van der Waals surface area (Å²) in [5.74, 6) is 1.01. The van der Waals surface area contributed by atoms with E-state index in [1.807, 2.05) is 0 Å². The van der Waals surface area contributed by atoms with Gasteiger partial charge in [-0.05, 0) is 37.1 Å². The molecule has 0 saturated carbocycles. The second-order valence-electron chi connectivity index (χ2n) is 5.55. The first-order valence-corrected chi connectivity index (χ1v) is 7.95. The standard InChI is InChI=1S/C17H19N3O5/c1-23-11-4-6-12(7-5-11)24-10-15-19-14(9-25-15)17(22)20-13-3-2-8-18-16(13)21/h4-7,9,13H,2-3,8,10H2,1H3,(H,18,21)(H,20,22). The molecule has 25 heavy (non-hydrogen) atoms. The summed E-state index contributed by atoms with van der Waals surface area (Å²) in [5, 5.41) is 5.37. The first kappa shape index (κ1) is 16.8. The molecule has 1 aromatic heterocycles. The van der Waals surface area contributed by atoms with Gasteiger partial charge in [0, 0.05) is 6.54 Å². The number of piperidine rings is 1. The van der Waals surface area contributed by atoms with Gasteiger partial charge in [0.15, 0.2) is 12.3 Å². The van der Waals surface area contributed by atoms with E-state index in [0.717, 1.165) is 12.2 Å². The number of oxazole rings is 1. The van der Waals surface area contributed by atoms with E-state index in [9.17, 15) is 9.59 Å². The molecular weight excluding hydrogens is 326 g/mol. The van der Waals surface area contributed by atoms with Crippen molar-refractivity contribution in [2.24, 2.45) is 0 Å². The van der Waals surface area contributed by atoms with Gasteiger partial charge in [-0.1, -0.05) is 0 Å². The summed E-state index contributed by atoms with van der Waals surface area (Å²) < 4.78 is 15.9. The topological polar surface area (TPSA) is 103 Å². The Morgan fingerprint density at radius 3 is 2.84 bits per heavy atom. The van der Waals surface area contributed by atoms with Crippen LogP contribution in [0.5, 0.6) is 11.5 Å². The molecule has 1 fully saturated rings. The number of carbonyl (C=O) groups is 2. The van der Waals surface area contributed by atoms with Crippen molar-refractivity contribution in [2.75, 3.05) is 13.7 Å². The first-order valence-electron chi connectivity index (χ1n) is 7.95. The van der Waals surface area contributed by atoms with Gasteiger partial charge >= 0.3 is 0 Å². The van der Waals surface area contributed by atoms with E-state index < -0.39 is 11.9 Å². The minimum Gasteiger partial charge on any atom is -0.497 e. The quantitative estimate of drug-likeness (QED) is 0.817. The monoisotopic (exact) mass is 345 g/mol. The number of hydrogen-bond donors (Lipinski definition) is 2. The molecule has 1 aliphatic rings. The molecule has 1 unspecified atom stereocenters. The van der Waals surface area contributed by atoms with Crippen molar-refractivity contribution >= 4 is 11.8 Å². The molecule has 0 bridgehead atoms. The Hall–Kier alpha value is -3.03. The summed E-state index contributed by atoms with van der Waals surface area (Å²) in [4.78, 5) is 27.9. The number of nitrogens with zero attached hydrogens (tertiary/aromatic N) is 1. The fraction of sp³-hybridized carbons (Fsp3) is 0.353. The Labute approximate surface area is 144 Å². The Morgan fingerprint density at radius 2 is 2.12 bits per heavy atom. The predicted molar refractivity (Wildman–Crippen MR) is 87.3 cm³/mol. The van der Waals surface area contributed by atoms with Crippen molar-refractivity contribution in [1.29, 1.82) is 0 Å². The molecule has 1 aromatic carbocycles. The lowest BCUT2D eigenvalue weighted by molar-refractivity contribution is -0.124. The summed E-state index contributed by atoms with van der Waals surface area (Å²) in [6, 6.07) is 6.54. The van der Waals surface area contributed by atoms with Crippen LogP contribution < -0.4 is 20.1 Å². The summed E-state index contributed by atoms with van der Waals surface area (Å²) in [7, 11) is 1.59. The minimum absolute atomic E-state index is 0.0868. The highest BCUT2D eigenvalue weighted by molar-refractivity contribution is 5.96. The number of benzene rings is 1. The van der Waals surface area contributed by atoms with E-state index in [1.54, 1.807) is 31.4 Å². The normalized spacial score (nSPS) is 16.8. The molecule has 2 amide bonds. The van der Waals surface area contributed by atoms with Gasteiger partial charge in [-0.3, -0.25) is 9.59 Å². The number of nitrogens with one attached hydrogen (secondary N) is 2. The molecule has 3 rings (SSSR count). The van der Waals surface area contributed by atoms with E-state index in [4.69, 9.17) is 13.9 Å². The Bertz CT molecular complexity index is 741. The number of aromatic nitrogens is 1. The minimum atomic E-state index is -0.531. The van der Waals surface area contributed by atoms with Gasteiger partial charge in [0.25, 0.3) is 5.91 Å². The maximum atomic E-state index is 12.1. The number of amides is 2. The molecule has 1 atom stereocenters. The molecule has 132 valence electrons. The molecule has 2 heterocycles. The van der Waals surface area contributed by atoms with Crippen LogP contribution >= 0.6 is 0 Å². The molecule has 1 aliphatic heterocycles. The summed E-state index contributed by atoms with van der Waals surface area (Å²) >= 11 is 0. The van der Waals surface area contributed by atoms with Gasteiger partial charge in [0.1, 0.15) is 23.8 Å². The summed E-state index contributed by atoms with van der Waals surface area (Å²) in [5.41, 5.74) is 0.117. The average Bonchev–Trinajstić information content (AvgIpc) is 3.11. The van der Waals surface area contributed by atoms with Crippen LogP contribution in [0.1, 0.15) is 29.2 Å². The molecule has 8 heteroatoms. The smallest absolute Gasteiger partial charge is 0.273 e. The van der Waals surface area contributed by atoms with E-state index >= 15 is 0 Å². The van der Waals surface area contributed by atoms with E-state index in [-0.39, 0.29) is 24.1 Å². The van der Waals surface area contributed by atoms with Gasteiger partial charge in [0.05, 0.1) is 7.11 Å². The molecule has 0 radical (unpaired) electrons. The van der Waals surface area contributed by atoms with Crippen LogP contribution in [0.25, 0.3) is 0 Å². The van der Waals surface area contributed by atoms with Crippen molar-refractivity contribution in [3.05, 3.63) is 42.1 Å². The van der Waals surface area contributed by atoms with Crippen LogP contribution in [-0.2, 0) is 11.4 Å². The Morgan fingerprint density at radius 1 is 1.36 bits per heavy atom. The van der Waals surface area contributed by atoms with Crippen LogP contribution in [-0.4, -0.2) is 36.5 Å². The highest BCUT2D eigenvalue weighted by Gasteiger charge is 2.25. The third kappa shape index (κ3) is 4.28. The SMILES string of the molecule is COc1ccc(OCc2nc(C(=O)NC3CCCNC3=O)co2)cc1. The highest BCUT2D eigenvalue weighted by Crippen LogP contribution is 2.18. The van der Waals surface area contributed by atoms with Crippen molar-refractivity contribution in [3.63, 3.8) is 0 Å². The van der Waals surface area contributed by atoms with Gasteiger partial charge in [-0.25, -0.2) is 4.98 Å². The van der Waals surface area contributed by atoms with E-state index in [1.165, 1.54) is 6.26 Å². The van der Waals surface area contributed by atoms with Crippen LogP contribution in [0.4, 0.5) is 0 Å². The molecule has 2 aromatic rings. The van der Waals surface area contributed by atoms with Gasteiger partial charge in [0.2, 0.25) is 11.8 Å². The average molecular weight is 345 g/mol. The Kier molecular flexibility index (Phi) is 5.17. The predicted octanol–water partition coefficient (Wildman–Crippen LogP) is 1.27. The maximum absolute atomic E-state index is 12.1. The number of methoxy groups -OCH3 is 1. The number of rotatable bonds is 6. The second-order valence-corrected chi connectivity index (χ2v) is 5.55. The maximum Gasteiger partial charge on any atom is 0.273 e. The number of hydrogen-bond acceptors (Lipinski definition) is 6. The summed E-state index contributed by atoms with van der Waals surface area (Å²) in [6.07, 6.45) is 2.70. The zero-order chi connectivity index (χ0) is 17.6.